The number of sulfonamides is 1. The van der Waals surface area contributed by atoms with Crippen LogP contribution in [0.25, 0.3) is 0 Å². The minimum absolute atomic E-state index is 0.0441. The molecule has 0 aliphatic carbocycles. The lowest BCUT2D eigenvalue weighted by atomic mass is 10.0. The Kier molecular flexibility index (Phi) is 7.05. The summed E-state index contributed by atoms with van der Waals surface area (Å²) in [4.78, 5) is 15.7. The number of methoxy groups -OCH3 is 2. The van der Waals surface area contributed by atoms with Gasteiger partial charge in [0.1, 0.15) is 9.96 Å². The Morgan fingerprint density at radius 3 is 2.47 bits per heavy atom. The van der Waals surface area contributed by atoms with E-state index in [1.54, 1.807) is 27.9 Å². The molecule has 32 heavy (non-hydrogen) atoms. The van der Waals surface area contributed by atoms with E-state index in [1.165, 1.54) is 24.0 Å². The minimum Gasteiger partial charge on any atom is -0.496 e. The predicted molar refractivity (Wildman–Crippen MR) is 126 cm³/mol. The van der Waals surface area contributed by atoms with Gasteiger partial charge in [-0.1, -0.05) is 6.07 Å². The van der Waals surface area contributed by atoms with Crippen LogP contribution in [-0.2, 0) is 34.3 Å². The number of ether oxygens (including phenoxy) is 2. The first kappa shape index (κ1) is 24.7. The van der Waals surface area contributed by atoms with Crippen LogP contribution >= 0.6 is 11.3 Å². The molecule has 176 valence electrons. The number of benzene rings is 1. The van der Waals surface area contributed by atoms with Crippen LogP contribution in [-0.4, -0.2) is 45.6 Å². The highest BCUT2D eigenvalue weighted by Crippen LogP contribution is 2.37. The monoisotopic (exact) mass is 480 g/mol. The topological polar surface area (TPSA) is 84.9 Å². The molecule has 7 nitrogen and oxygen atoms in total. The largest absolute Gasteiger partial charge is 0.496 e. The average Bonchev–Trinajstić information content (AvgIpc) is 3.08. The molecule has 1 N–H and O–H groups in total. The van der Waals surface area contributed by atoms with E-state index in [9.17, 15) is 13.2 Å². The van der Waals surface area contributed by atoms with Gasteiger partial charge in [-0.05, 0) is 69.4 Å². The maximum atomic E-state index is 13.1. The zero-order chi connectivity index (χ0) is 23.8. The second-order valence-corrected chi connectivity index (χ2v) is 12.2. The van der Waals surface area contributed by atoms with Crippen molar-refractivity contribution in [2.45, 2.75) is 63.9 Å². The lowest BCUT2D eigenvalue weighted by molar-refractivity contribution is 0.0595. The first-order valence-electron chi connectivity index (χ1n) is 10.5. The van der Waals surface area contributed by atoms with Crippen molar-refractivity contribution in [2.75, 3.05) is 20.8 Å². The molecule has 3 rings (SSSR count). The molecule has 9 heteroatoms. The van der Waals surface area contributed by atoms with Crippen molar-refractivity contribution in [3.63, 3.8) is 0 Å². The predicted octanol–water partition coefficient (Wildman–Crippen LogP) is 3.80. The molecule has 0 saturated carbocycles. The van der Waals surface area contributed by atoms with E-state index in [1.807, 2.05) is 13.0 Å². The highest BCUT2D eigenvalue weighted by molar-refractivity contribution is 7.91. The first-order chi connectivity index (χ1) is 14.9. The number of nitrogens with zero attached hydrogens (tertiary/aromatic N) is 1. The number of carbonyl (C=O) groups is 1. The number of thiophene rings is 1. The molecule has 1 aliphatic heterocycles. The minimum atomic E-state index is -3.86. The van der Waals surface area contributed by atoms with Gasteiger partial charge in [-0.2, -0.15) is 0 Å². The zero-order valence-electron chi connectivity index (χ0n) is 19.8. The molecular formula is C23H32N2O5S2. The SMILES string of the molecule is COC(=O)c1c(S(=O)(=O)NC(C)(C)C)sc2c1CCN(Cc1cc(C)c(OC)cc1C)C2. The van der Waals surface area contributed by atoms with Gasteiger partial charge in [0, 0.05) is 30.1 Å². The van der Waals surface area contributed by atoms with Crippen LogP contribution in [0.4, 0.5) is 0 Å². The summed E-state index contributed by atoms with van der Waals surface area (Å²) in [7, 11) is -0.907. The van der Waals surface area contributed by atoms with Crippen molar-refractivity contribution in [1.29, 1.82) is 0 Å². The first-order valence-corrected chi connectivity index (χ1v) is 12.8. The number of fused-ring (bicyclic) bond motifs is 1. The molecule has 0 amide bonds. The van der Waals surface area contributed by atoms with Gasteiger partial charge in [0.2, 0.25) is 0 Å². The van der Waals surface area contributed by atoms with Crippen LogP contribution in [0.15, 0.2) is 16.3 Å². The molecule has 2 heterocycles. The standard InChI is InChI=1S/C23H32N2O5S2/c1-14-11-18(29-6)15(2)10-16(14)12-25-9-8-17-19(13-25)31-22(20(17)21(26)30-7)32(27,28)24-23(3,4)5/h10-11,24H,8-9,12-13H2,1-7H3. The van der Waals surface area contributed by atoms with Gasteiger partial charge >= 0.3 is 5.97 Å². The third-order valence-corrected chi connectivity index (χ3v) is 8.92. The highest BCUT2D eigenvalue weighted by Gasteiger charge is 2.35. The van der Waals surface area contributed by atoms with E-state index in [0.29, 0.717) is 13.0 Å². The van der Waals surface area contributed by atoms with Crippen molar-refractivity contribution >= 4 is 27.3 Å². The van der Waals surface area contributed by atoms with Crippen LogP contribution in [0.5, 0.6) is 5.75 Å². The Hall–Kier alpha value is -1.94. The second-order valence-electron chi connectivity index (χ2n) is 9.22. The molecule has 0 bridgehead atoms. The molecule has 0 fully saturated rings. The van der Waals surface area contributed by atoms with E-state index in [-0.39, 0.29) is 9.77 Å². The summed E-state index contributed by atoms with van der Waals surface area (Å²) in [5.74, 6) is 0.265. The van der Waals surface area contributed by atoms with Gasteiger partial charge in [-0.3, -0.25) is 4.90 Å². The molecule has 2 aromatic rings. The van der Waals surface area contributed by atoms with Gasteiger partial charge in [-0.15, -0.1) is 11.3 Å². The summed E-state index contributed by atoms with van der Waals surface area (Å²) in [6, 6.07) is 4.19. The lowest BCUT2D eigenvalue weighted by Gasteiger charge is -2.28. The van der Waals surface area contributed by atoms with E-state index in [2.05, 4.69) is 22.6 Å². The number of carbonyl (C=O) groups excluding carboxylic acids is 1. The number of nitrogens with one attached hydrogen (secondary N) is 1. The van der Waals surface area contributed by atoms with Crippen LogP contribution in [0.3, 0.4) is 0 Å². The average molecular weight is 481 g/mol. The molecule has 1 aromatic carbocycles. The molecule has 0 saturated heterocycles. The lowest BCUT2D eigenvalue weighted by Crippen LogP contribution is -2.40. The van der Waals surface area contributed by atoms with E-state index in [0.717, 1.165) is 40.4 Å². The highest BCUT2D eigenvalue weighted by atomic mass is 32.2. The summed E-state index contributed by atoms with van der Waals surface area (Å²) in [5.41, 5.74) is 3.75. The fourth-order valence-corrected chi connectivity index (χ4v) is 7.34. The Bertz CT molecular complexity index is 1130. The molecule has 1 aromatic heterocycles. The van der Waals surface area contributed by atoms with Crippen LogP contribution in [0.1, 0.15) is 58.3 Å². The van der Waals surface area contributed by atoms with Crippen molar-refractivity contribution in [3.05, 3.63) is 44.8 Å². The summed E-state index contributed by atoms with van der Waals surface area (Å²) < 4.78 is 39.2. The summed E-state index contributed by atoms with van der Waals surface area (Å²) in [6.45, 7) is 11.5. The molecule has 1 aliphatic rings. The number of aryl methyl sites for hydroxylation is 2. The number of hydrogen-bond acceptors (Lipinski definition) is 7. The third kappa shape index (κ3) is 5.17. The maximum absolute atomic E-state index is 13.1. The van der Waals surface area contributed by atoms with Gasteiger partial charge in [0.15, 0.2) is 0 Å². The Morgan fingerprint density at radius 2 is 1.88 bits per heavy atom. The van der Waals surface area contributed by atoms with Gasteiger partial charge in [0.05, 0.1) is 19.8 Å². The Morgan fingerprint density at radius 1 is 1.19 bits per heavy atom. The van der Waals surface area contributed by atoms with E-state index < -0.39 is 21.5 Å². The molecule has 0 atom stereocenters. The van der Waals surface area contributed by atoms with Crippen LogP contribution in [0.2, 0.25) is 0 Å². The smallest absolute Gasteiger partial charge is 0.340 e. The van der Waals surface area contributed by atoms with E-state index in [4.69, 9.17) is 9.47 Å². The Balaban J connectivity index is 1.94. The number of rotatable bonds is 6. The Labute approximate surface area is 194 Å². The van der Waals surface area contributed by atoms with Crippen molar-refractivity contribution in [3.8, 4) is 5.75 Å². The summed E-state index contributed by atoms with van der Waals surface area (Å²) >= 11 is 1.17. The van der Waals surface area contributed by atoms with Crippen molar-refractivity contribution in [2.24, 2.45) is 0 Å². The molecule has 0 spiro atoms. The quantitative estimate of drug-likeness (QED) is 0.633. The van der Waals surface area contributed by atoms with Crippen LogP contribution in [0, 0.1) is 13.8 Å². The van der Waals surface area contributed by atoms with Crippen molar-refractivity contribution in [1.82, 2.24) is 9.62 Å². The number of hydrogen-bond donors (Lipinski definition) is 1. The molecular weight excluding hydrogens is 448 g/mol. The van der Waals surface area contributed by atoms with Crippen molar-refractivity contribution < 1.29 is 22.7 Å². The molecule has 0 radical (unpaired) electrons. The fourth-order valence-electron chi connectivity index (χ4n) is 3.99. The van der Waals surface area contributed by atoms with E-state index >= 15 is 0 Å². The van der Waals surface area contributed by atoms with Gasteiger partial charge in [-0.25, -0.2) is 17.9 Å². The summed E-state index contributed by atoms with van der Waals surface area (Å²) in [6.07, 6.45) is 0.593. The summed E-state index contributed by atoms with van der Waals surface area (Å²) in [5, 5.41) is 0. The van der Waals surface area contributed by atoms with Crippen LogP contribution < -0.4 is 9.46 Å². The van der Waals surface area contributed by atoms with Gasteiger partial charge < -0.3 is 9.47 Å². The fraction of sp³-hybridized carbons (Fsp3) is 0.522. The maximum Gasteiger partial charge on any atom is 0.340 e. The second kappa shape index (κ2) is 9.13. The normalized spacial score (nSPS) is 14.8. The molecule has 0 unspecified atom stereocenters. The third-order valence-electron chi connectivity index (χ3n) is 5.43. The van der Waals surface area contributed by atoms with Gasteiger partial charge in [0.25, 0.3) is 10.0 Å². The zero-order valence-corrected chi connectivity index (χ0v) is 21.4. The number of esters is 1.